The van der Waals surface area contributed by atoms with Gasteiger partial charge in [0.25, 0.3) is 0 Å². The van der Waals surface area contributed by atoms with Crippen LogP contribution in [0.3, 0.4) is 0 Å². The first-order valence-corrected chi connectivity index (χ1v) is 4.16. The summed E-state index contributed by atoms with van der Waals surface area (Å²) in [4.78, 5) is 11.1. The Hall–Kier alpha value is -0.610. The number of nitrogens with two attached hydrogens (primary N) is 1. The molecule has 4 heteroatoms. The van der Waals surface area contributed by atoms with Crippen LogP contribution in [0, 0.1) is 5.92 Å². The number of aliphatic hydroxyl groups excluding tert-OH is 1. The number of rotatable bonds is 1. The fourth-order valence-electron chi connectivity index (χ4n) is 1.59. The van der Waals surface area contributed by atoms with Gasteiger partial charge < -0.3 is 15.6 Å². The van der Waals surface area contributed by atoms with Crippen molar-refractivity contribution in [1.82, 2.24) is 0 Å². The zero-order chi connectivity index (χ0) is 9.14. The molecule has 4 nitrogen and oxygen atoms in total. The molecule has 3 atom stereocenters. The fourth-order valence-corrected chi connectivity index (χ4v) is 1.59. The second-order valence-electron chi connectivity index (χ2n) is 3.26. The van der Waals surface area contributed by atoms with E-state index in [9.17, 15) is 9.90 Å². The number of hydrogen-bond acceptors (Lipinski definition) is 4. The maximum atomic E-state index is 11.1. The van der Waals surface area contributed by atoms with Gasteiger partial charge in [-0.3, -0.25) is 4.79 Å². The van der Waals surface area contributed by atoms with Crippen LogP contribution in [0.2, 0.25) is 0 Å². The van der Waals surface area contributed by atoms with E-state index < -0.39 is 6.10 Å². The number of carbonyl (C=O) groups is 1. The lowest BCUT2D eigenvalue weighted by atomic mass is 9.83. The third-order valence-electron chi connectivity index (χ3n) is 2.38. The van der Waals surface area contributed by atoms with Crippen molar-refractivity contribution in [2.45, 2.75) is 31.4 Å². The molecule has 0 bridgehead atoms. The summed E-state index contributed by atoms with van der Waals surface area (Å²) in [6, 6.07) is -0.152. The molecule has 0 heterocycles. The highest BCUT2D eigenvalue weighted by molar-refractivity contribution is 5.73. The number of hydrogen-bond donors (Lipinski definition) is 2. The van der Waals surface area contributed by atoms with Gasteiger partial charge >= 0.3 is 5.97 Å². The first-order valence-electron chi connectivity index (χ1n) is 4.16. The molecular weight excluding hydrogens is 158 g/mol. The van der Waals surface area contributed by atoms with Crippen LogP contribution in [0.5, 0.6) is 0 Å². The largest absolute Gasteiger partial charge is 0.469 e. The standard InChI is InChI=1S/C8H15NO3/c1-12-8(11)6-4-5(10)2-3-7(6)9/h5-7,10H,2-4,9H2,1H3. The van der Waals surface area contributed by atoms with Gasteiger partial charge in [-0.1, -0.05) is 0 Å². The van der Waals surface area contributed by atoms with Crippen LogP contribution in [0.4, 0.5) is 0 Å². The van der Waals surface area contributed by atoms with Crippen LogP contribution in [-0.4, -0.2) is 30.3 Å². The Bertz CT molecular complexity index is 172. The molecule has 1 saturated carbocycles. The van der Waals surface area contributed by atoms with Gasteiger partial charge in [0.15, 0.2) is 0 Å². The minimum absolute atomic E-state index is 0.152. The van der Waals surface area contributed by atoms with Crippen molar-refractivity contribution in [3.63, 3.8) is 0 Å². The van der Waals surface area contributed by atoms with Gasteiger partial charge in [0, 0.05) is 6.04 Å². The summed E-state index contributed by atoms with van der Waals surface area (Å²) in [6.45, 7) is 0. The van der Waals surface area contributed by atoms with E-state index in [1.54, 1.807) is 0 Å². The molecule has 1 rings (SSSR count). The van der Waals surface area contributed by atoms with Crippen molar-refractivity contribution < 1.29 is 14.6 Å². The molecule has 0 aromatic rings. The molecule has 1 aliphatic rings. The summed E-state index contributed by atoms with van der Waals surface area (Å²) in [5.41, 5.74) is 5.71. The van der Waals surface area contributed by atoms with Crippen LogP contribution in [-0.2, 0) is 9.53 Å². The molecule has 0 aromatic carbocycles. The average Bonchev–Trinajstić information content (AvgIpc) is 2.08. The van der Waals surface area contributed by atoms with E-state index in [1.807, 2.05) is 0 Å². The molecule has 12 heavy (non-hydrogen) atoms. The van der Waals surface area contributed by atoms with Gasteiger partial charge in [-0.2, -0.15) is 0 Å². The Morgan fingerprint density at radius 2 is 2.25 bits per heavy atom. The van der Waals surface area contributed by atoms with E-state index in [0.29, 0.717) is 19.3 Å². The van der Waals surface area contributed by atoms with E-state index in [4.69, 9.17) is 5.73 Å². The molecule has 0 saturated heterocycles. The summed E-state index contributed by atoms with van der Waals surface area (Å²) < 4.78 is 4.58. The van der Waals surface area contributed by atoms with E-state index in [-0.39, 0.29) is 17.9 Å². The quantitative estimate of drug-likeness (QED) is 0.531. The van der Waals surface area contributed by atoms with Crippen molar-refractivity contribution >= 4 is 5.97 Å². The summed E-state index contributed by atoms with van der Waals surface area (Å²) in [7, 11) is 1.34. The summed E-state index contributed by atoms with van der Waals surface area (Å²) in [5.74, 6) is -0.625. The van der Waals surface area contributed by atoms with Crippen molar-refractivity contribution in [2.75, 3.05) is 7.11 Å². The van der Waals surface area contributed by atoms with E-state index in [2.05, 4.69) is 4.74 Å². The molecular formula is C8H15NO3. The zero-order valence-corrected chi connectivity index (χ0v) is 7.19. The monoisotopic (exact) mass is 173 g/mol. The lowest BCUT2D eigenvalue weighted by Gasteiger charge is -2.29. The van der Waals surface area contributed by atoms with E-state index in [0.717, 1.165) is 0 Å². The fraction of sp³-hybridized carbons (Fsp3) is 0.875. The summed E-state index contributed by atoms with van der Waals surface area (Å²) in [5, 5.41) is 9.28. The number of esters is 1. The molecule has 0 aromatic heterocycles. The molecule has 3 unspecified atom stereocenters. The second-order valence-corrected chi connectivity index (χ2v) is 3.26. The van der Waals surface area contributed by atoms with Crippen LogP contribution in [0.25, 0.3) is 0 Å². The van der Waals surface area contributed by atoms with Crippen molar-refractivity contribution in [2.24, 2.45) is 11.7 Å². The van der Waals surface area contributed by atoms with Gasteiger partial charge in [-0.05, 0) is 19.3 Å². The predicted molar refractivity (Wildman–Crippen MR) is 43.3 cm³/mol. The second kappa shape index (κ2) is 3.87. The van der Waals surface area contributed by atoms with E-state index in [1.165, 1.54) is 7.11 Å². The Labute approximate surface area is 71.7 Å². The lowest BCUT2D eigenvalue weighted by Crippen LogP contribution is -2.42. The third kappa shape index (κ3) is 1.95. The van der Waals surface area contributed by atoms with Gasteiger partial charge in [-0.25, -0.2) is 0 Å². The lowest BCUT2D eigenvalue weighted by molar-refractivity contribution is -0.148. The Balaban J connectivity index is 2.54. The first kappa shape index (κ1) is 9.48. The summed E-state index contributed by atoms with van der Waals surface area (Å²) in [6.07, 6.45) is 1.43. The van der Waals surface area contributed by atoms with Crippen LogP contribution in [0.1, 0.15) is 19.3 Å². The van der Waals surface area contributed by atoms with Gasteiger partial charge in [0.1, 0.15) is 0 Å². The van der Waals surface area contributed by atoms with Crippen LogP contribution < -0.4 is 5.73 Å². The molecule has 0 aliphatic heterocycles. The smallest absolute Gasteiger partial charge is 0.310 e. The zero-order valence-electron chi connectivity index (χ0n) is 7.19. The van der Waals surface area contributed by atoms with Crippen LogP contribution in [0.15, 0.2) is 0 Å². The Morgan fingerprint density at radius 1 is 1.58 bits per heavy atom. The average molecular weight is 173 g/mol. The number of carbonyl (C=O) groups excluding carboxylic acids is 1. The van der Waals surface area contributed by atoms with Crippen molar-refractivity contribution in [1.29, 1.82) is 0 Å². The van der Waals surface area contributed by atoms with Gasteiger partial charge in [-0.15, -0.1) is 0 Å². The van der Waals surface area contributed by atoms with Gasteiger partial charge in [0.2, 0.25) is 0 Å². The maximum absolute atomic E-state index is 11.1. The number of ether oxygens (including phenoxy) is 1. The molecule has 1 aliphatic carbocycles. The third-order valence-corrected chi connectivity index (χ3v) is 2.38. The highest BCUT2D eigenvalue weighted by Crippen LogP contribution is 2.24. The maximum Gasteiger partial charge on any atom is 0.310 e. The normalized spacial score (nSPS) is 36.1. The molecule has 0 amide bonds. The van der Waals surface area contributed by atoms with E-state index >= 15 is 0 Å². The van der Waals surface area contributed by atoms with Crippen molar-refractivity contribution in [3.05, 3.63) is 0 Å². The number of methoxy groups -OCH3 is 1. The molecule has 3 N–H and O–H groups in total. The van der Waals surface area contributed by atoms with Crippen LogP contribution >= 0.6 is 0 Å². The first-order chi connectivity index (χ1) is 5.65. The minimum atomic E-state index is -0.395. The minimum Gasteiger partial charge on any atom is -0.469 e. The molecule has 0 radical (unpaired) electrons. The van der Waals surface area contributed by atoms with Crippen molar-refractivity contribution in [3.8, 4) is 0 Å². The molecule has 0 spiro atoms. The summed E-state index contributed by atoms with van der Waals surface area (Å²) >= 11 is 0. The van der Waals surface area contributed by atoms with Gasteiger partial charge in [0.05, 0.1) is 19.1 Å². The SMILES string of the molecule is COC(=O)C1CC(O)CCC1N. The molecule has 1 fully saturated rings. The number of aliphatic hydroxyl groups is 1. The highest BCUT2D eigenvalue weighted by atomic mass is 16.5. The molecule has 70 valence electrons. The topological polar surface area (TPSA) is 72.5 Å². The Kier molecular flexibility index (Phi) is 3.05. The highest BCUT2D eigenvalue weighted by Gasteiger charge is 2.32. The predicted octanol–water partition coefficient (Wildman–Crippen LogP) is -0.352. The Morgan fingerprint density at radius 3 is 2.83 bits per heavy atom.